The second kappa shape index (κ2) is 42.4. The molecule has 0 aliphatic carbocycles. The zero-order chi connectivity index (χ0) is 21.2. The molecular weight excluding hydrogens is 374 g/mol. The summed E-state index contributed by atoms with van der Waals surface area (Å²) in [4.78, 5) is 11.8. The number of hydrogen-bond donors (Lipinski definition) is 5. The van der Waals surface area contributed by atoms with Crippen LogP contribution in [0.25, 0.3) is 0 Å². The number of unbranched alkanes of at least 4 members (excludes halogenated alkanes) is 2. The molecule has 0 saturated carbocycles. The molecule has 0 aromatic heterocycles. The monoisotopic (exact) mass is 440 g/mol. The highest BCUT2D eigenvalue weighted by molar-refractivity contribution is 5.81. The minimum Gasteiger partial charge on any atom is -0.355 e. The van der Waals surface area contributed by atoms with Crippen LogP contribution in [0.4, 0.5) is 0 Å². The number of nitrogens with one attached hydrogen (secondary N) is 4. The molecule has 1 amide bonds. The largest absolute Gasteiger partial charge is 0.355 e. The van der Waals surface area contributed by atoms with Gasteiger partial charge in [0.25, 0.3) is 0 Å². The number of carbonyl (C=O) groups is 1. The van der Waals surface area contributed by atoms with Crippen molar-refractivity contribution >= 4 is 5.91 Å². The molecule has 0 bridgehead atoms. The Balaban J connectivity index is -0.000000117. The van der Waals surface area contributed by atoms with Gasteiger partial charge in [-0.15, -0.1) is 0 Å². The Morgan fingerprint density at radius 2 is 1.23 bits per heavy atom. The Labute approximate surface area is 193 Å². The van der Waals surface area contributed by atoms with Crippen LogP contribution in [-0.4, -0.2) is 58.3 Å². The van der Waals surface area contributed by atoms with Crippen molar-refractivity contribution in [3.05, 3.63) is 0 Å². The molecular formula is C24H65N5O. The molecule has 30 heavy (non-hydrogen) atoms. The van der Waals surface area contributed by atoms with E-state index >= 15 is 0 Å². The van der Waals surface area contributed by atoms with Crippen LogP contribution in [0.15, 0.2) is 0 Å². The fraction of sp³-hybridized carbons (Fsp3) is 0.958. The molecule has 0 rings (SSSR count). The van der Waals surface area contributed by atoms with Crippen molar-refractivity contribution in [2.45, 2.75) is 108 Å². The van der Waals surface area contributed by atoms with Gasteiger partial charge in [-0.05, 0) is 71.9 Å². The van der Waals surface area contributed by atoms with Gasteiger partial charge < -0.3 is 27.0 Å². The van der Waals surface area contributed by atoms with E-state index in [1.165, 1.54) is 25.7 Å². The molecule has 6 N–H and O–H groups in total. The van der Waals surface area contributed by atoms with E-state index < -0.39 is 0 Å². The minimum absolute atomic E-state index is 0. The van der Waals surface area contributed by atoms with Crippen LogP contribution in [0.1, 0.15) is 103 Å². The Hall–Kier alpha value is -0.690. The van der Waals surface area contributed by atoms with E-state index in [1.54, 1.807) is 0 Å². The van der Waals surface area contributed by atoms with Gasteiger partial charge in [0.1, 0.15) is 0 Å². The molecule has 0 aliphatic rings. The maximum atomic E-state index is 11.8. The first kappa shape index (κ1) is 43.2. The number of rotatable bonds is 16. The lowest BCUT2D eigenvalue weighted by Crippen LogP contribution is -2.43. The minimum atomic E-state index is -0.0434. The van der Waals surface area contributed by atoms with Crippen molar-refractivity contribution in [3.63, 3.8) is 0 Å². The first-order chi connectivity index (χ1) is 13.2. The van der Waals surface area contributed by atoms with Gasteiger partial charge in [-0.25, -0.2) is 0 Å². The zero-order valence-corrected chi connectivity index (χ0v) is 19.3. The van der Waals surface area contributed by atoms with Crippen molar-refractivity contribution in [2.24, 2.45) is 5.73 Å². The zero-order valence-electron chi connectivity index (χ0n) is 19.3. The smallest absolute Gasteiger partial charge is 0.237 e. The second-order valence-electron chi connectivity index (χ2n) is 6.24. The van der Waals surface area contributed by atoms with Gasteiger partial charge in [0.05, 0.1) is 6.04 Å². The Bertz CT molecular complexity index is 272. The van der Waals surface area contributed by atoms with Crippen molar-refractivity contribution < 1.29 is 6.22 Å². The first-order valence-electron chi connectivity index (χ1n) is 11.2. The van der Waals surface area contributed by atoms with E-state index in [2.05, 4.69) is 35.1 Å². The number of nitrogens with two attached hydrogens (primary N) is 1. The topological polar surface area (TPSA) is 91.2 Å². The average Bonchev–Trinajstić information content (AvgIpc) is 2.69. The maximum absolute atomic E-state index is 11.8. The lowest BCUT2D eigenvalue weighted by molar-refractivity contribution is -0.123. The SMILES string of the molecule is C.C.C.CC.CCCCNCCCCNCCCNC(=O)[C@@H](CCC)NC.CCN.[HH]. The lowest BCUT2D eigenvalue weighted by Gasteiger charge is -2.15. The third kappa shape index (κ3) is 38.0. The molecule has 0 unspecified atom stereocenters. The van der Waals surface area contributed by atoms with Gasteiger partial charge in [-0.3, -0.25) is 4.79 Å². The van der Waals surface area contributed by atoms with Gasteiger partial charge in [0.15, 0.2) is 0 Å². The predicted molar refractivity (Wildman–Crippen MR) is 144 cm³/mol. The molecule has 0 fully saturated rings. The highest BCUT2D eigenvalue weighted by atomic mass is 16.2. The summed E-state index contributed by atoms with van der Waals surface area (Å²) < 4.78 is 0. The van der Waals surface area contributed by atoms with E-state index in [9.17, 15) is 4.79 Å². The molecule has 6 heteroatoms. The highest BCUT2D eigenvalue weighted by Crippen LogP contribution is 1.95. The van der Waals surface area contributed by atoms with Crippen LogP contribution < -0.4 is 27.0 Å². The van der Waals surface area contributed by atoms with Crippen molar-refractivity contribution in [3.8, 4) is 0 Å². The highest BCUT2D eigenvalue weighted by Gasteiger charge is 2.13. The van der Waals surface area contributed by atoms with E-state index in [1.807, 2.05) is 27.8 Å². The number of likely N-dealkylation sites (N-methyl/N-ethyl adjacent to an activating group) is 1. The normalized spacial score (nSPS) is 9.83. The van der Waals surface area contributed by atoms with Crippen LogP contribution in [0.2, 0.25) is 0 Å². The Kier molecular flexibility index (Phi) is 61.1. The van der Waals surface area contributed by atoms with Crippen molar-refractivity contribution in [1.29, 1.82) is 0 Å². The molecule has 0 radical (unpaired) electrons. The molecule has 0 aromatic rings. The lowest BCUT2D eigenvalue weighted by atomic mass is 10.1. The fourth-order valence-electron chi connectivity index (χ4n) is 2.30. The first-order valence-corrected chi connectivity index (χ1v) is 11.2. The van der Waals surface area contributed by atoms with Crippen LogP contribution >= 0.6 is 0 Å². The Morgan fingerprint density at radius 1 is 0.800 bits per heavy atom. The summed E-state index contributed by atoms with van der Waals surface area (Å²) in [7, 11) is 1.85. The number of amides is 1. The van der Waals surface area contributed by atoms with Gasteiger partial charge in [-0.2, -0.15) is 0 Å². The van der Waals surface area contributed by atoms with Crippen LogP contribution in [0.3, 0.4) is 0 Å². The molecule has 0 aromatic carbocycles. The third-order valence-electron chi connectivity index (χ3n) is 3.74. The van der Waals surface area contributed by atoms with E-state index in [4.69, 9.17) is 5.73 Å². The van der Waals surface area contributed by atoms with Gasteiger partial charge >= 0.3 is 0 Å². The number of hydrogen-bond acceptors (Lipinski definition) is 5. The average molecular weight is 440 g/mol. The quantitative estimate of drug-likeness (QED) is 0.223. The summed E-state index contributed by atoms with van der Waals surface area (Å²) >= 11 is 0. The van der Waals surface area contributed by atoms with Crippen molar-refractivity contribution in [1.82, 2.24) is 21.3 Å². The van der Waals surface area contributed by atoms with E-state index in [-0.39, 0.29) is 35.7 Å². The fourth-order valence-corrected chi connectivity index (χ4v) is 2.30. The summed E-state index contributed by atoms with van der Waals surface area (Å²) in [6.45, 7) is 16.0. The van der Waals surface area contributed by atoms with Gasteiger partial charge in [0.2, 0.25) is 5.91 Å². The Morgan fingerprint density at radius 3 is 1.63 bits per heavy atom. The summed E-state index contributed by atoms with van der Waals surface area (Å²) in [5.41, 5.74) is 4.85. The van der Waals surface area contributed by atoms with Crippen LogP contribution in [-0.2, 0) is 4.79 Å². The third-order valence-corrected chi connectivity index (χ3v) is 3.74. The molecule has 1 atom stereocenters. The molecule has 0 saturated heterocycles. The molecule has 0 heterocycles. The summed E-state index contributed by atoms with van der Waals surface area (Å²) in [5, 5.41) is 13.0. The maximum Gasteiger partial charge on any atom is 0.237 e. The van der Waals surface area contributed by atoms with Crippen LogP contribution in [0, 0.1) is 0 Å². The standard InChI is InChI=1S/C17H38N4O.C2H7N.C2H6.3CH4.H2/c1-4-6-11-19-12-7-8-13-20-14-9-15-21-17(22)16(18-3)10-5-2;1-2-3;1-2;;;;/h16,18-20H,4-15H2,1-3H3,(H,21,22);2-3H2,1H3;1-2H3;3*1H4;1H/t16-;;;;;;/m1....../s1. The molecule has 6 nitrogen and oxygen atoms in total. The molecule has 0 aliphatic heterocycles. The van der Waals surface area contributed by atoms with Crippen molar-refractivity contribution in [2.75, 3.05) is 46.3 Å². The van der Waals surface area contributed by atoms with E-state index in [0.29, 0.717) is 0 Å². The predicted octanol–water partition coefficient (Wildman–Crippen LogP) is 4.79. The van der Waals surface area contributed by atoms with Gasteiger partial charge in [-0.1, -0.05) is 69.7 Å². The summed E-state index contributed by atoms with van der Waals surface area (Å²) in [5.74, 6) is 0.127. The number of carbonyl (C=O) groups excluding carboxylic acids is 1. The summed E-state index contributed by atoms with van der Waals surface area (Å²) in [6, 6.07) is -0.0434. The second-order valence-corrected chi connectivity index (χ2v) is 6.24. The van der Waals surface area contributed by atoms with E-state index in [0.717, 1.165) is 58.5 Å². The van der Waals surface area contributed by atoms with Crippen LogP contribution in [0.5, 0.6) is 0 Å². The van der Waals surface area contributed by atoms with Gasteiger partial charge in [0, 0.05) is 7.97 Å². The molecule has 0 spiro atoms. The molecule has 192 valence electrons. The summed E-state index contributed by atoms with van der Waals surface area (Å²) in [6.07, 6.45) is 7.89.